The quantitative estimate of drug-likeness (QED) is 0.912. The molecule has 5 heteroatoms. The monoisotopic (exact) mass is 289 g/mol. The van der Waals surface area contributed by atoms with Crippen LogP contribution in [0.1, 0.15) is 34.6 Å². The van der Waals surface area contributed by atoms with Gasteiger partial charge in [-0.25, -0.2) is 4.98 Å². The van der Waals surface area contributed by atoms with E-state index in [1.807, 2.05) is 25.1 Å². The summed E-state index contributed by atoms with van der Waals surface area (Å²) >= 11 is 5.95. The van der Waals surface area contributed by atoms with E-state index in [0.29, 0.717) is 22.1 Å². The van der Waals surface area contributed by atoms with Gasteiger partial charge in [0.25, 0.3) is 5.91 Å². The zero-order valence-corrected chi connectivity index (χ0v) is 12.1. The van der Waals surface area contributed by atoms with Gasteiger partial charge in [-0.3, -0.25) is 4.79 Å². The predicted octanol–water partition coefficient (Wildman–Crippen LogP) is 3.12. The SMILES string of the molecule is Cc1cc(C(=O)NC(C)c2cccc(Cl)c2)cc(N)n1. The second-order valence-corrected chi connectivity index (χ2v) is 5.11. The summed E-state index contributed by atoms with van der Waals surface area (Å²) < 4.78 is 0. The number of nitrogens with zero attached hydrogens (tertiary/aromatic N) is 1. The molecular formula is C15H16ClN3O. The molecule has 0 saturated heterocycles. The van der Waals surface area contributed by atoms with Gasteiger partial charge in [0.15, 0.2) is 0 Å². The molecule has 1 atom stereocenters. The lowest BCUT2D eigenvalue weighted by Gasteiger charge is -2.15. The number of nitrogens with one attached hydrogen (secondary N) is 1. The maximum Gasteiger partial charge on any atom is 0.251 e. The van der Waals surface area contributed by atoms with Crippen molar-refractivity contribution in [2.24, 2.45) is 0 Å². The predicted molar refractivity (Wildman–Crippen MR) is 80.7 cm³/mol. The lowest BCUT2D eigenvalue weighted by molar-refractivity contribution is 0.0939. The van der Waals surface area contributed by atoms with Crippen LogP contribution >= 0.6 is 11.6 Å². The van der Waals surface area contributed by atoms with E-state index in [1.165, 1.54) is 0 Å². The zero-order valence-electron chi connectivity index (χ0n) is 11.4. The summed E-state index contributed by atoms with van der Waals surface area (Å²) in [4.78, 5) is 16.2. The number of carbonyl (C=O) groups is 1. The molecule has 0 aliphatic heterocycles. The van der Waals surface area contributed by atoms with Crippen molar-refractivity contribution in [3.05, 3.63) is 58.2 Å². The van der Waals surface area contributed by atoms with Crippen LogP contribution in [0.15, 0.2) is 36.4 Å². The summed E-state index contributed by atoms with van der Waals surface area (Å²) in [7, 11) is 0. The van der Waals surface area contributed by atoms with Crippen molar-refractivity contribution in [2.75, 3.05) is 5.73 Å². The molecule has 20 heavy (non-hydrogen) atoms. The second kappa shape index (κ2) is 5.92. The lowest BCUT2D eigenvalue weighted by atomic mass is 10.1. The molecule has 1 heterocycles. The fourth-order valence-electron chi connectivity index (χ4n) is 1.96. The number of aryl methyl sites for hydroxylation is 1. The number of amides is 1. The summed E-state index contributed by atoms with van der Waals surface area (Å²) in [6, 6.07) is 10.5. The van der Waals surface area contributed by atoms with Gasteiger partial charge in [0.1, 0.15) is 5.82 Å². The van der Waals surface area contributed by atoms with Gasteiger partial charge in [0, 0.05) is 16.3 Å². The Hall–Kier alpha value is -2.07. The summed E-state index contributed by atoms with van der Waals surface area (Å²) in [5.74, 6) is 0.153. The Labute approximate surface area is 123 Å². The Morgan fingerprint density at radius 3 is 2.75 bits per heavy atom. The molecule has 2 rings (SSSR count). The number of benzene rings is 1. The molecule has 0 spiro atoms. The van der Waals surface area contributed by atoms with Gasteiger partial charge >= 0.3 is 0 Å². The molecular weight excluding hydrogens is 274 g/mol. The number of anilines is 1. The van der Waals surface area contributed by atoms with E-state index >= 15 is 0 Å². The highest BCUT2D eigenvalue weighted by Crippen LogP contribution is 2.18. The molecule has 0 aliphatic rings. The first kappa shape index (κ1) is 14.3. The molecule has 4 nitrogen and oxygen atoms in total. The van der Waals surface area contributed by atoms with E-state index in [1.54, 1.807) is 25.1 Å². The molecule has 0 bridgehead atoms. The number of halogens is 1. The number of nitrogen functional groups attached to an aromatic ring is 1. The topological polar surface area (TPSA) is 68.0 Å². The summed E-state index contributed by atoms with van der Waals surface area (Å²) in [5, 5.41) is 3.56. The van der Waals surface area contributed by atoms with E-state index in [2.05, 4.69) is 10.3 Å². The van der Waals surface area contributed by atoms with Gasteiger partial charge in [-0.1, -0.05) is 23.7 Å². The molecule has 0 radical (unpaired) electrons. The third-order valence-electron chi connectivity index (χ3n) is 2.93. The number of hydrogen-bond donors (Lipinski definition) is 2. The van der Waals surface area contributed by atoms with Crippen molar-refractivity contribution in [1.82, 2.24) is 10.3 Å². The number of nitrogens with two attached hydrogens (primary N) is 1. The van der Waals surface area contributed by atoms with Crippen LogP contribution in [0, 0.1) is 6.92 Å². The molecule has 1 amide bonds. The van der Waals surface area contributed by atoms with Crippen molar-refractivity contribution in [2.45, 2.75) is 19.9 Å². The van der Waals surface area contributed by atoms with Crippen LogP contribution in [-0.4, -0.2) is 10.9 Å². The minimum atomic E-state index is -0.185. The highest BCUT2D eigenvalue weighted by molar-refractivity contribution is 6.30. The van der Waals surface area contributed by atoms with Crippen LogP contribution in [0.25, 0.3) is 0 Å². The third-order valence-corrected chi connectivity index (χ3v) is 3.17. The van der Waals surface area contributed by atoms with E-state index in [0.717, 1.165) is 5.56 Å². The van der Waals surface area contributed by atoms with Crippen molar-refractivity contribution in [1.29, 1.82) is 0 Å². The average Bonchev–Trinajstić information content (AvgIpc) is 2.37. The van der Waals surface area contributed by atoms with E-state index < -0.39 is 0 Å². The number of hydrogen-bond acceptors (Lipinski definition) is 3. The van der Waals surface area contributed by atoms with Gasteiger partial charge in [-0.15, -0.1) is 0 Å². The minimum absolute atomic E-state index is 0.143. The van der Waals surface area contributed by atoms with Crippen molar-refractivity contribution in [3.8, 4) is 0 Å². The summed E-state index contributed by atoms with van der Waals surface area (Å²) in [5.41, 5.74) is 7.82. The van der Waals surface area contributed by atoms with Crippen LogP contribution < -0.4 is 11.1 Å². The Balaban J connectivity index is 2.15. The molecule has 1 aromatic heterocycles. The Morgan fingerprint density at radius 2 is 2.10 bits per heavy atom. The maximum atomic E-state index is 12.2. The molecule has 0 fully saturated rings. The van der Waals surface area contributed by atoms with Gasteiger partial charge < -0.3 is 11.1 Å². The molecule has 2 aromatic rings. The molecule has 1 aromatic carbocycles. The lowest BCUT2D eigenvalue weighted by Crippen LogP contribution is -2.26. The van der Waals surface area contributed by atoms with Gasteiger partial charge in [-0.05, 0) is 43.7 Å². The highest BCUT2D eigenvalue weighted by Gasteiger charge is 2.12. The zero-order chi connectivity index (χ0) is 14.7. The van der Waals surface area contributed by atoms with Crippen molar-refractivity contribution >= 4 is 23.3 Å². The molecule has 104 valence electrons. The third kappa shape index (κ3) is 3.48. The first-order chi connectivity index (χ1) is 9.45. The largest absolute Gasteiger partial charge is 0.384 e. The fourth-order valence-corrected chi connectivity index (χ4v) is 2.16. The van der Waals surface area contributed by atoms with Crippen LogP contribution in [0.5, 0.6) is 0 Å². The average molecular weight is 290 g/mol. The van der Waals surface area contributed by atoms with Crippen LogP contribution in [0.2, 0.25) is 5.02 Å². The highest BCUT2D eigenvalue weighted by atomic mass is 35.5. The smallest absolute Gasteiger partial charge is 0.251 e. The number of carbonyl (C=O) groups excluding carboxylic acids is 1. The molecule has 1 unspecified atom stereocenters. The molecule has 0 saturated carbocycles. The standard InChI is InChI=1S/C15H16ClN3O/c1-9-6-12(8-14(17)18-9)15(20)19-10(2)11-4-3-5-13(16)7-11/h3-8,10H,1-2H3,(H2,17,18)(H,19,20). The van der Waals surface area contributed by atoms with Crippen molar-refractivity contribution in [3.63, 3.8) is 0 Å². The number of rotatable bonds is 3. The molecule has 3 N–H and O–H groups in total. The van der Waals surface area contributed by atoms with E-state index in [-0.39, 0.29) is 11.9 Å². The Kier molecular flexibility index (Phi) is 4.25. The van der Waals surface area contributed by atoms with Crippen molar-refractivity contribution < 1.29 is 4.79 Å². The van der Waals surface area contributed by atoms with E-state index in [9.17, 15) is 4.79 Å². The maximum absolute atomic E-state index is 12.2. The molecule has 0 aliphatic carbocycles. The minimum Gasteiger partial charge on any atom is -0.384 e. The van der Waals surface area contributed by atoms with Gasteiger partial charge in [0.2, 0.25) is 0 Å². The number of pyridine rings is 1. The van der Waals surface area contributed by atoms with Gasteiger partial charge in [-0.2, -0.15) is 0 Å². The Bertz CT molecular complexity index is 623. The van der Waals surface area contributed by atoms with Crippen LogP contribution in [0.4, 0.5) is 5.82 Å². The first-order valence-electron chi connectivity index (χ1n) is 6.26. The number of aromatic nitrogens is 1. The first-order valence-corrected chi connectivity index (χ1v) is 6.64. The normalized spacial score (nSPS) is 11.9. The summed E-state index contributed by atoms with van der Waals surface area (Å²) in [6.45, 7) is 3.70. The summed E-state index contributed by atoms with van der Waals surface area (Å²) in [6.07, 6.45) is 0. The fraction of sp³-hybridized carbons (Fsp3) is 0.200. The Morgan fingerprint density at radius 1 is 1.35 bits per heavy atom. The van der Waals surface area contributed by atoms with E-state index in [4.69, 9.17) is 17.3 Å². The van der Waals surface area contributed by atoms with Crippen LogP contribution in [-0.2, 0) is 0 Å². The second-order valence-electron chi connectivity index (χ2n) is 4.67. The van der Waals surface area contributed by atoms with Crippen LogP contribution in [0.3, 0.4) is 0 Å². The van der Waals surface area contributed by atoms with Gasteiger partial charge in [0.05, 0.1) is 6.04 Å².